The average Bonchev–Trinajstić information content (AvgIpc) is 2.56. The Balaban J connectivity index is 2.64. The third-order valence-electron chi connectivity index (χ3n) is 2.41. The van der Waals surface area contributed by atoms with Crippen molar-refractivity contribution < 1.29 is 0 Å². The number of pyridine rings is 1. The lowest BCUT2D eigenvalue weighted by atomic mass is 10.3. The van der Waals surface area contributed by atoms with Gasteiger partial charge in [-0.1, -0.05) is 18.5 Å². The highest BCUT2D eigenvalue weighted by molar-refractivity contribution is 6.30. The summed E-state index contributed by atoms with van der Waals surface area (Å²) in [5.74, 6) is 1.05. The number of aromatic nitrogens is 2. The van der Waals surface area contributed by atoms with Gasteiger partial charge in [0.15, 0.2) is 0 Å². The van der Waals surface area contributed by atoms with Crippen molar-refractivity contribution in [2.75, 3.05) is 7.05 Å². The number of hydrogen-bond acceptors (Lipinski definition) is 2. The topological polar surface area (TPSA) is 29.3 Å². The van der Waals surface area contributed by atoms with E-state index < -0.39 is 0 Å². The molecule has 0 fully saturated rings. The lowest BCUT2D eigenvalue weighted by molar-refractivity contribution is 0.796. The lowest BCUT2D eigenvalue weighted by Crippen LogP contribution is -2.05. The molecule has 0 aliphatic carbocycles. The smallest absolute Gasteiger partial charge is 0.113 e. The van der Waals surface area contributed by atoms with E-state index in [1.807, 2.05) is 25.4 Å². The van der Waals surface area contributed by atoms with Gasteiger partial charge in [0, 0.05) is 19.2 Å². The molecule has 2 aromatic heterocycles. The Labute approximate surface area is 94.1 Å². The Bertz CT molecular complexity index is 476. The van der Waals surface area contributed by atoms with Gasteiger partial charge in [-0.3, -0.25) is 0 Å². The average molecular weight is 224 g/mol. The van der Waals surface area contributed by atoms with Gasteiger partial charge in [-0.25, -0.2) is 4.98 Å². The molecule has 0 saturated carbocycles. The second kappa shape index (κ2) is 4.21. The van der Waals surface area contributed by atoms with E-state index in [-0.39, 0.29) is 0 Å². The summed E-state index contributed by atoms with van der Waals surface area (Å²) < 4.78 is 2.06. The summed E-state index contributed by atoms with van der Waals surface area (Å²) in [5, 5.41) is 3.86. The number of nitrogens with zero attached hydrogens (tertiary/aromatic N) is 2. The Morgan fingerprint density at radius 2 is 2.27 bits per heavy atom. The first-order valence-corrected chi connectivity index (χ1v) is 5.44. The Hall–Kier alpha value is -1.06. The number of nitrogens with one attached hydrogen (secondary N) is 1. The van der Waals surface area contributed by atoms with Crippen molar-refractivity contribution in [1.82, 2.24) is 14.7 Å². The van der Waals surface area contributed by atoms with E-state index in [2.05, 4.69) is 21.6 Å². The van der Waals surface area contributed by atoms with Gasteiger partial charge in [0.05, 0.1) is 16.2 Å². The number of hydrogen-bond donors (Lipinski definition) is 1. The zero-order valence-electron chi connectivity index (χ0n) is 8.92. The van der Waals surface area contributed by atoms with Gasteiger partial charge in [0.25, 0.3) is 0 Å². The SMILES string of the molecule is CCc1nc(CNC)c2ccc(Cl)cn12. The van der Waals surface area contributed by atoms with Gasteiger partial charge < -0.3 is 9.72 Å². The van der Waals surface area contributed by atoms with E-state index in [0.29, 0.717) is 0 Å². The van der Waals surface area contributed by atoms with E-state index in [0.717, 1.165) is 35.0 Å². The van der Waals surface area contributed by atoms with Gasteiger partial charge in [-0.05, 0) is 19.2 Å². The maximum Gasteiger partial charge on any atom is 0.113 e. The van der Waals surface area contributed by atoms with E-state index >= 15 is 0 Å². The molecule has 0 saturated heterocycles. The van der Waals surface area contributed by atoms with E-state index in [1.165, 1.54) is 0 Å². The van der Waals surface area contributed by atoms with Crippen molar-refractivity contribution in [2.45, 2.75) is 19.9 Å². The van der Waals surface area contributed by atoms with Crippen LogP contribution in [0.4, 0.5) is 0 Å². The molecule has 0 aliphatic rings. The van der Waals surface area contributed by atoms with Crippen molar-refractivity contribution in [2.24, 2.45) is 0 Å². The minimum atomic E-state index is 0.741. The summed E-state index contributed by atoms with van der Waals surface area (Å²) in [7, 11) is 1.92. The third kappa shape index (κ3) is 1.85. The maximum atomic E-state index is 5.97. The summed E-state index contributed by atoms with van der Waals surface area (Å²) in [4.78, 5) is 4.58. The molecule has 0 radical (unpaired) electrons. The molecule has 0 aromatic carbocycles. The summed E-state index contributed by atoms with van der Waals surface area (Å²) >= 11 is 5.97. The quantitative estimate of drug-likeness (QED) is 0.865. The fraction of sp³-hybridized carbons (Fsp3) is 0.364. The summed E-state index contributed by atoms with van der Waals surface area (Å²) in [6.07, 6.45) is 2.83. The van der Waals surface area contributed by atoms with Crippen LogP contribution < -0.4 is 5.32 Å². The van der Waals surface area contributed by atoms with Crippen molar-refractivity contribution in [3.63, 3.8) is 0 Å². The summed E-state index contributed by atoms with van der Waals surface area (Å²) in [6, 6.07) is 3.92. The largest absolute Gasteiger partial charge is 0.314 e. The summed E-state index contributed by atoms with van der Waals surface area (Å²) in [5.41, 5.74) is 2.21. The van der Waals surface area contributed by atoms with Gasteiger partial charge in [0.1, 0.15) is 5.82 Å². The van der Waals surface area contributed by atoms with Crippen molar-refractivity contribution in [1.29, 1.82) is 0 Å². The van der Waals surface area contributed by atoms with Crippen LogP contribution in [0, 0.1) is 0 Å². The molecule has 4 heteroatoms. The van der Waals surface area contributed by atoms with Crippen LogP contribution >= 0.6 is 11.6 Å². The minimum absolute atomic E-state index is 0.741. The van der Waals surface area contributed by atoms with Crippen molar-refractivity contribution in [3.8, 4) is 0 Å². The predicted molar refractivity (Wildman–Crippen MR) is 62.3 cm³/mol. The zero-order chi connectivity index (χ0) is 10.8. The van der Waals surface area contributed by atoms with Crippen LogP contribution in [0.2, 0.25) is 5.02 Å². The van der Waals surface area contributed by atoms with Crippen LogP contribution in [0.5, 0.6) is 0 Å². The molecule has 2 rings (SSSR count). The number of imidazole rings is 1. The molecule has 0 unspecified atom stereocenters. The molecule has 0 atom stereocenters. The molecule has 2 aromatic rings. The molecular formula is C11H14ClN3. The standard InChI is InChI=1S/C11H14ClN3/c1-3-11-14-9(6-13-2)10-5-4-8(12)7-15(10)11/h4-5,7,13H,3,6H2,1-2H3. The molecule has 0 amide bonds. The molecular weight excluding hydrogens is 210 g/mol. The van der Waals surface area contributed by atoms with Crippen LogP contribution in [-0.4, -0.2) is 16.4 Å². The predicted octanol–water partition coefficient (Wildman–Crippen LogP) is 2.27. The molecule has 2 heterocycles. The monoisotopic (exact) mass is 223 g/mol. The van der Waals surface area contributed by atoms with Gasteiger partial charge >= 0.3 is 0 Å². The van der Waals surface area contributed by atoms with Crippen LogP contribution in [0.3, 0.4) is 0 Å². The zero-order valence-corrected chi connectivity index (χ0v) is 9.67. The van der Waals surface area contributed by atoms with Crippen molar-refractivity contribution >= 4 is 17.1 Å². The van der Waals surface area contributed by atoms with Gasteiger partial charge in [-0.2, -0.15) is 0 Å². The van der Waals surface area contributed by atoms with Crippen LogP contribution in [0.15, 0.2) is 18.3 Å². The molecule has 1 N–H and O–H groups in total. The second-order valence-electron chi connectivity index (χ2n) is 3.46. The second-order valence-corrected chi connectivity index (χ2v) is 3.90. The lowest BCUT2D eigenvalue weighted by Gasteiger charge is -1.99. The number of aryl methyl sites for hydroxylation is 1. The first-order valence-electron chi connectivity index (χ1n) is 5.06. The Morgan fingerprint density at radius 1 is 1.47 bits per heavy atom. The number of fused-ring (bicyclic) bond motifs is 1. The highest BCUT2D eigenvalue weighted by Crippen LogP contribution is 2.17. The minimum Gasteiger partial charge on any atom is -0.314 e. The van der Waals surface area contributed by atoms with E-state index in [9.17, 15) is 0 Å². The van der Waals surface area contributed by atoms with Crippen LogP contribution in [-0.2, 0) is 13.0 Å². The van der Waals surface area contributed by atoms with Gasteiger partial charge in [0.2, 0.25) is 0 Å². The molecule has 3 nitrogen and oxygen atoms in total. The Morgan fingerprint density at radius 3 is 2.93 bits per heavy atom. The van der Waals surface area contributed by atoms with E-state index in [4.69, 9.17) is 11.6 Å². The Kier molecular flexibility index (Phi) is 2.93. The highest BCUT2D eigenvalue weighted by Gasteiger charge is 2.08. The molecule has 80 valence electrons. The molecule has 0 bridgehead atoms. The van der Waals surface area contributed by atoms with E-state index in [1.54, 1.807) is 0 Å². The maximum absolute atomic E-state index is 5.97. The number of halogens is 1. The van der Waals surface area contributed by atoms with Gasteiger partial charge in [-0.15, -0.1) is 0 Å². The van der Waals surface area contributed by atoms with Crippen molar-refractivity contribution in [3.05, 3.63) is 34.9 Å². The fourth-order valence-electron chi connectivity index (χ4n) is 1.74. The molecule has 0 aliphatic heterocycles. The number of rotatable bonds is 3. The first-order chi connectivity index (χ1) is 7.26. The fourth-order valence-corrected chi connectivity index (χ4v) is 1.90. The normalized spacial score (nSPS) is 11.1. The third-order valence-corrected chi connectivity index (χ3v) is 2.63. The molecule has 15 heavy (non-hydrogen) atoms. The van der Waals surface area contributed by atoms with Crippen LogP contribution in [0.1, 0.15) is 18.4 Å². The van der Waals surface area contributed by atoms with Crippen LogP contribution in [0.25, 0.3) is 5.52 Å². The first kappa shape index (κ1) is 10.5. The molecule has 0 spiro atoms. The summed E-state index contributed by atoms with van der Waals surface area (Å²) in [6.45, 7) is 2.88. The highest BCUT2D eigenvalue weighted by atomic mass is 35.5.